The zero-order valence-corrected chi connectivity index (χ0v) is 15.6. The highest BCUT2D eigenvalue weighted by atomic mass is 19.4. The van der Waals surface area contributed by atoms with E-state index < -0.39 is 18.1 Å². The number of H-pyrrole nitrogens is 1. The fourth-order valence-electron chi connectivity index (χ4n) is 3.10. The summed E-state index contributed by atoms with van der Waals surface area (Å²) >= 11 is 0. The second-order valence-electron chi connectivity index (χ2n) is 6.57. The fourth-order valence-corrected chi connectivity index (χ4v) is 3.10. The third-order valence-corrected chi connectivity index (χ3v) is 4.19. The first-order valence-corrected chi connectivity index (χ1v) is 8.66. The quantitative estimate of drug-likeness (QED) is 0.608. The van der Waals surface area contributed by atoms with Crippen molar-refractivity contribution in [1.29, 1.82) is 0 Å². The highest BCUT2D eigenvalue weighted by molar-refractivity contribution is 5.84. The maximum Gasteiger partial charge on any atom is 0.573 e. The van der Waals surface area contributed by atoms with Gasteiger partial charge in [0.2, 0.25) is 0 Å². The number of benzene rings is 1. The summed E-state index contributed by atoms with van der Waals surface area (Å²) in [5, 5.41) is 8.98. The van der Waals surface area contributed by atoms with Crippen LogP contribution in [0.25, 0.3) is 22.6 Å². The molecule has 0 aliphatic rings. The summed E-state index contributed by atoms with van der Waals surface area (Å²) in [5.41, 5.74) is 1.59. The molecule has 1 unspecified atom stereocenters. The van der Waals surface area contributed by atoms with Gasteiger partial charge in [-0.15, -0.1) is 13.2 Å². The number of rotatable bonds is 7. The molecule has 3 aromatic rings. The molecule has 0 spiro atoms. The first-order valence-electron chi connectivity index (χ1n) is 8.66. The molecule has 2 N–H and O–H groups in total. The first kappa shape index (κ1) is 20.4. The summed E-state index contributed by atoms with van der Waals surface area (Å²) in [7, 11) is 1.47. The van der Waals surface area contributed by atoms with E-state index in [0.717, 1.165) is 0 Å². The standard InChI is InChI=1S/C19H18F3N3O4/c1-10(7-15(26)27)6-11-8-12(29-19(20,21)22)9-13-16(11)25-18(24-13)17-14(28-2)4-3-5-23-17/h3-5,8-10H,6-7H2,1-2H3,(H,24,25)(H,26,27). The zero-order valence-electron chi connectivity index (χ0n) is 15.6. The number of carbonyl (C=O) groups is 1. The smallest absolute Gasteiger partial charge is 0.494 e. The van der Waals surface area contributed by atoms with E-state index in [-0.39, 0.29) is 24.3 Å². The van der Waals surface area contributed by atoms with E-state index in [4.69, 9.17) is 9.84 Å². The van der Waals surface area contributed by atoms with Gasteiger partial charge in [-0.25, -0.2) is 9.97 Å². The first-order chi connectivity index (χ1) is 13.7. The van der Waals surface area contributed by atoms with Gasteiger partial charge >= 0.3 is 12.3 Å². The number of fused-ring (bicyclic) bond motifs is 1. The molecule has 0 fully saturated rings. The molecule has 7 nitrogen and oxygen atoms in total. The summed E-state index contributed by atoms with van der Waals surface area (Å²) in [5.74, 6) is -0.964. The minimum atomic E-state index is -4.86. The summed E-state index contributed by atoms with van der Waals surface area (Å²) in [6.07, 6.45) is -3.22. The summed E-state index contributed by atoms with van der Waals surface area (Å²) in [6.45, 7) is 1.70. The Hall–Kier alpha value is -3.30. The molecule has 29 heavy (non-hydrogen) atoms. The van der Waals surface area contributed by atoms with E-state index in [1.54, 1.807) is 25.3 Å². The number of hydrogen-bond acceptors (Lipinski definition) is 5. The lowest BCUT2D eigenvalue weighted by Gasteiger charge is -2.13. The van der Waals surface area contributed by atoms with Gasteiger partial charge in [-0.3, -0.25) is 4.79 Å². The van der Waals surface area contributed by atoms with Crippen LogP contribution >= 0.6 is 0 Å². The second kappa shape index (κ2) is 7.98. The van der Waals surface area contributed by atoms with Gasteiger partial charge in [0.05, 0.1) is 18.1 Å². The fraction of sp³-hybridized carbons (Fsp3) is 0.316. The summed E-state index contributed by atoms with van der Waals surface area (Å²) < 4.78 is 47.5. The largest absolute Gasteiger partial charge is 0.573 e. The minimum Gasteiger partial charge on any atom is -0.494 e. The number of aromatic amines is 1. The molecule has 0 radical (unpaired) electrons. The lowest BCUT2D eigenvalue weighted by Crippen LogP contribution is -2.17. The molecule has 2 aromatic heterocycles. The average molecular weight is 409 g/mol. The Labute approximate surface area is 163 Å². The number of halogens is 3. The molecule has 1 atom stereocenters. The van der Waals surface area contributed by atoms with Crippen LogP contribution in [0.5, 0.6) is 11.5 Å². The average Bonchev–Trinajstić information content (AvgIpc) is 3.03. The van der Waals surface area contributed by atoms with Crippen molar-refractivity contribution in [2.45, 2.75) is 26.1 Å². The van der Waals surface area contributed by atoms with Crippen LogP contribution in [-0.2, 0) is 11.2 Å². The van der Waals surface area contributed by atoms with Gasteiger partial charge in [0.15, 0.2) is 5.82 Å². The number of methoxy groups -OCH3 is 1. The number of carboxylic acid groups (broad SMARTS) is 1. The van der Waals surface area contributed by atoms with Crippen molar-refractivity contribution in [1.82, 2.24) is 15.0 Å². The van der Waals surface area contributed by atoms with E-state index in [1.165, 1.54) is 19.2 Å². The van der Waals surface area contributed by atoms with Crippen LogP contribution in [0.3, 0.4) is 0 Å². The predicted molar refractivity (Wildman–Crippen MR) is 97.7 cm³/mol. The zero-order chi connectivity index (χ0) is 21.2. The van der Waals surface area contributed by atoms with Gasteiger partial charge in [0.25, 0.3) is 0 Å². The van der Waals surface area contributed by atoms with Crippen LogP contribution in [0.15, 0.2) is 30.5 Å². The number of aromatic nitrogens is 3. The van der Waals surface area contributed by atoms with Crippen molar-refractivity contribution in [3.8, 4) is 23.0 Å². The van der Waals surface area contributed by atoms with Crippen molar-refractivity contribution in [2.24, 2.45) is 5.92 Å². The van der Waals surface area contributed by atoms with Crippen molar-refractivity contribution < 1.29 is 32.5 Å². The molecule has 0 amide bonds. The Balaban J connectivity index is 2.10. The molecule has 1 aromatic carbocycles. The van der Waals surface area contributed by atoms with Gasteiger partial charge in [0, 0.05) is 18.7 Å². The van der Waals surface area contributed by atoms with Crippen LogP contribution < -0.4 is 9.47 Å². The normalized spacial score (nSPS) is 12.7. The van der Waals surface area contributed by atoms with Crippen molar-refractivity contribution in [2.75, 3.05) is 7.11 Å². The maximum absolute atomic E-state index is 12.7. The maximum atomic E-state index is 12.7. The SMILES string of the molecule is COc1cccnc1-c1nc2cc(OC(F)(F)F)cc(CC(C)CC(=O)O)c2[nH]1. The molecule has 154 valence electrons. The van der Waals surface area contributed by atoms with Crippen LogP contribution in [0.4, 0.5) is 13.2 Å². The van der Waals surface area contributed by atoms with Crippen LogP contribution in [0, 0.1) is 5.92 Å². The third-order valence-electron chi connectivity index (χ3n) is 4.19. The number of nitrogens with one attached hydrogen (secondary N) is 1. The molecule has 0 bridgehead atoms. The molecular formula is C19H18F3N3O4. The van der Waals surface area contributed by atoms with Crippen LogP contribution in [-0.4, -0.2) is 39.5 Å². The Morgan fingerprint density at radius 1 is 1.34 bits per heavy atom. The molecular weight excluding hydrogens is 391 g/mol. The van der Waals surface area contributed by atoms with Gasteiger partial charge in [0.1, 0.15) is 17.2 Å². The van der Waals surface area contributed by atoms with Crippen LogP contribution in [0.1, 0.15) is 18.9 Å². The minimum absolute atomic E-state index is 0.124. The highest BCUT2D eigenvalue weighted by Crippen LogP contribution is 2.33. The lowest BCUT2D eigenvalue weighted by molar-refractivity contribution is -0.274. The molecule has 2 heterocycles. The second-order valence-corrected chi connectivity index (χ2v) is 6.57. The Morgan fingerprint density at radius 2 is 2.10 bits per heavy atom. The molecule has 0 saturated heterocycles. The van der Waals surface area contributed by atoms with E-state index in [9.17, 15) is 18.0 Å². The Morgan fingerprint density at radius 3 is 2.76 bits per heavy atom. The topological polar surface area (TPSA) is 97.3 Å². The van der Waals surface area contributed by atoms with E-state index in [2.05, 4.69) is 19.7 Å². The molecule has 0 saturated carbocycles. The van der Waals surface area contributed by atoms with Crippen molar-refractivity contribution in [3.05, 3.63) is 36.0 Å². The van der Waals surface area contributed by atoms with Crippen molar-refractivity contribution >= 4 is 17.0 Å². The van der Waals surface area contributed by atoms with Gasteiger partial charge < -0.3 is 19.6 Å². The van der Waals surface area contributed by atoms with Gasteiger partial charge in [-0.1, -0.05) is 6.92 Å². The number of carboxylic acids is 1. The number of alkyl halides is 3. The van der Waals surface area contributed by atoms with E-state index >= 15 is 0 Å². The monoisotopic (exact) mass is 409 g/mol. The van der Waals surface area contributed by atoms with E-state index in [0.29, 0.717) is 28.3 Å². The van der Waals surface area contributed by atoms with Gasteiger partial charge in [-0.2, -0.15) is 0 Å². The summed E-state index contributed by atoms with van der Waals surface area (Å²) in [6, 6.07) is 5.78. The van der Waals surface area contributed by atoms with Crippen molar-refractivity contribution in [3.63, 3.8) is 0 Å². The number of ether oxygens (including phenoxy) is 2. The Kier molecular flexibility index (Phi) is 5.62. The highest BCUT2D eigenvalue weighted by Gasteiger charge is 2.31. The molecule has 10 heteroatoms. The number of imidazole rings is 1. The third kappa shape index (κ3) is 4.95. The number of pyridine rings is 1. The van der Waals surface area contributed by atoms with E-state index in [1.807, 2.05) is 0 Å². The lowest BCUT2D eigenvalue weighted by atomic mass is 9.97. The number of nitrogens with zero attached hydrogens (tertiary/aromatic N) is 2. The molecule has 0 aliphatic heterocycles. The number of aliphatic carboxylic acids is 1. The van der Waals surface area contributed by atoms with Crippen LogP contribution in [0.2, 0.25) is 0 Å². The molecule has 3 rings (SSSR count). The Bertz CT molecular complexity index is 1030. The predicted octanol–water partition coefficient (Wildman–Crippen LogP) is 4.19. The molecule has 0 aliphatic carbocycles. The van der Waals surface area contributed by atoms with Gasteiger partial charge in [-0.05, 0) is 36.1 Å². The summed E-state index contributed by atoms with van der Waals surface area (Å²) in [4.78, 5) is 22.6. The number of hydrogen-bond donors (Lipinski definition) is 2.